The lowest BCUT2D eigenvalue weighted by Gasteiger charge is -1.85. The van der Waals surface area contributed by atoms with Gasteiger partial charge in [0.2, 0.25) is 0 Å². The molecule has 0 aromatic carbocycles. The molecular weight excluding hydrogens is 72.1 g/mol. The number of hydrogen-bond acceptors (Lipinski definition) is 0. The standard InChI is InChI=1S/C6H8/c1-5(2)6-3-4-6/h3-4,6H,1H2,2H3. The molecule has 0 saturated heterocycles. The summed E-state index contributed by atoms with van der Waals surface area (Å²) in [6.45, 7) is 5.80. The third-order valence-electron chi connectivity index (χ3n) is 0.954. The quantitative estimate of drug-likeness (QED) is 0.421. The second kappa shape index (κ2) is 0.970. The lowest BCUT2D eigenvalue weighted by molar-refractivity contribution is 1.11. The van der Waals surface area contributed by atoms with Gasteiger partial charge in [-0.3, -0.25) is 0 Å². The van der Waals surface area contributed by atoms with Crippen LogP contribution < -0.4 is 0 Å². The fraction of sp³-hybridized carbons (Fsp3) is 0.333. The molecule has 0 heterocycles. The number of hydrogen-bond donors (Lipinski definition) is 0. The van der Waals surface area contributed by atoms with Gasteiger partial charge in [0, 0.05) is 5.92 Å². The van der Waals surface area contributed by atoms with Gasteiger partial charge in [-0.2, -0.15) is 0 Å². The summed E-state index contributed by atoms with van der Waals surface area (Å²) in [5.74, 6) is 0.657. The highest BCUT2D eigenvalue weighted by atomic mass is 14.1. The smallest absolute Gasteiger partial charge is 0.0152 e. The first-order chi connectivity index (χ1) is 2.80. The summed E-state index contributed by atoms with van der Waals surface area (Å²) in [7, 11) is 0. The molecule has 0 atom stereocenters. The summed E-state index contributed by atoms with van der Waals surface area (Å²) in [6, 6.07) is 0. The van der Waals surface area contributed by atoms with Crippen LogP contribution in [-0.4, -0.2) is 0 Å². The molecule has 32 valence electrons. The SMILES string of the molecule is C=C(C)C1C=C1. The molecule has 0 aromatic heterocycles. The Bertz CT molecular complexity index is 92.6. The Morgan fingerprint density at radius 3 is 2.17 bits per heavy atom. The van der Waals surface area contributed by atoms with Crippen LogP contribution in [0.4, 0.5) is 0 Å². The predicted molar refractivity (Wildman–Crippen MR) is 27.4 cm³/mol. The Hall–Kier alpha value is -0.520. The first-order valence-electron chi connectivity index (χ1n) is 2.14. The van der Waals surface area contributed by atoms with E-state index in [2.05, 4.69) is 18.7 Å². The van der Waals surface area contributed by atoms with Crippen molar-refractivity contribution < 1.29 is 0 Å². The molecule has 0 N–H and O–H groups in total. The van der Waals surface area contributed by atoms with Crippen LogP contribution in [0.3, 0.4) is 0 Å². The highest BCUT2D eigenvalue weighted by molar-refractivity contribution is 5.26. The van der Waals surface area contributed by atoms with E-state index in [0.717, 1.165) is 0 Å². The third-order valence-corrected chi connectivity index (χ3v) is 0.954. The molecule has 1 rings (SSSR count). The molecule has 0 nitrogen and oxygen atoms in total. The fourth-order valence-electron chi connectivity index (χ4n) is 0.384. The first kappa shape index (κ1) is 3.66. The van der Waals surface area contributed by atoms with Gasteiger partial charge in [-0.05, 0) is 6.92 Å². The molecule has 0 heteroatoms. The average Bonchev–Trinajstić information content (AvgIpc) is 2.06. The van der Waals surface area contributed by atoms with Crippen LogP contribution in [0.15, 0.2) is 24.3 Å². The van der Waals surface area contributed by atoms with Gasteiger partial charge >= 0.3 is 0 Å². The van der Waals surface area contributed by atoms with E-state index in [-0.39, 0.29) is 0 Å². The minimum absolute atomic E-state index is 0.657. The second-order valence-electron chi connectivity index (χ2n) is 1.76. The van der Waals surface area contributed by atoms with Gasteiger partial charge in [-0.15, -0.1) is 0 Å². The van der Waals surface area contributed by atoms with Gasteiger partial charge in [0.1, 0.15) is 0 Å². The van der Waals surface area contributed by atoms with Gasteiger partial charge in [-0.25, -0.2) is 0 Å². The highest BCUT2D eigenvalue weighted by Gasteiger charge is 2.08. The zero-order valence-corrected chi connectivity index (χ0v) is 3.94. The normalized spacial score (nSPS) is 18.2. The zero-order chi connectivity index (χ0) is 4.57. The largest absolute Gasteiger partial charge is 0.0992 e. The maximum atomic E-state index is 3.75. The van der Waals surface area contributed by atoms with E-state index < -0.39 is 0 Å². The van der Waals surface area contributed by atoms with Crippen molar-refractivity contribution in [3.05, 3.63) is 24.3 Å². The Kier molecular flexibility index (Phi) is 0.592. The average molecular weight is 80.1 g/mol. The van der Waals surface area contributed by atoms with Crippen LogP contribution in [0.5, 0.6) is 0 Å². The maximum absolute atomic E-state index is 3.75. The summed E-state index contributed by atoms with van der Waals surface area (Å²) in [4.78, 5) is 0. The van der Waals surface area contributed by atoms with E-state index in [1.807, 2.05) is 6.92 Å². The second-order valence-corrected chi connectivity index (χ2v) is 1.76. The van der Waals surface area contributed by atoms with Crippen LogP contribution in [0.2, 0.25) is 0 Å². The molecule has 0 radical (unpaired) electrons. The molecule has 6 heavy (non-hydrogen) atoms. The Morgan fingerprint density at radius 1 is 1.67 bits per heavy atom. The van der Waals surface area contributed by atoms with Crippen LogP contribution in [0.25, 0.3) is 0 Å². The van der Waals surface area contributed by atoms with Crippen molar-refractivity contribution in [2.75, 3.05) is 0 Å². The van der Waals surface area contributed by atoms with Gasteiger partial charge < -0.3 is 0 Å². The van der Waals surface area contributed by atoms with Crippen molar-refractivity contribution in [3.63, 3.8) is 0 Å². The maximum Gasteiger partial charge on any atom is 0.0152 e. The van der Waals surface area contributed by atoms with Crippen molar-refractivity contribution in [3.8, 4) is 0 Å². The van der Waals surface area contributed by atoms with Crippen LogP contribution >= 0.6 is 0 Å². The van der Waals surface area contributed by atoms with Gasteiger partial charge in [0.15, 0.2) is 0 Å². The van der Waals surface area contributed by atoms with E-state index >= 15 is 0 Å². The Morgan fingerprint density at radius 2 is 2.17 bits per heavy atom. The van der Waals surface area contributed by atoms with Crippen LogP contribution in [0, 0.1) is 5.92 Å². The first-order valence-corrected chi connectivity index (χ1v) is 2.14. The summed E-state index contributed by atoms with van der Waals surface area (Å²) < 4.78 is 0. The van der Waals surface area contributed by atoms with E-state index in [1.165, 1.54) is 5.57 Å². The molecule has 0 fully saturated rings. The Balaban J connectivity index is 2.35. The zero-order valence-electron chi connectivity index (χ0n) is 3.94. The third kappa shape index (κ3) is 0.510. The molecule has 0 unspecified atom stereocenters. The van der Waals surface area contributed by atoms with Crippen molar-refractivity contribution in [2.45, 2.75) is 6.92 Å². The van der Waals surface area contributed by atoms with Crippen LogP contribution in [0.1, 0.15) is 6.92 Å². The van der Waals surface area contributed by atoms with E-state index in [1.54, 1.807) is 0 Å². The molecule has 0 aliphatic heterocycles. The topological polar surface area (TPSA) is 0 Å². The Labute approximate surface area is 38.2 Å². The summed E-state index contributed by atoms with van der Waals surface area (Å²) in [6.07, 6.45) is 4.28. The van der Waals surface area contributed by atoms with Crippen molar-refractivity contribution in [1.29, 1.82) is 0 Å². The molecule has 0 aromatic rings. The molecular formula is C6H8. The van der Waals surface area contributed by atoms with Crippen molar-refractivity contribution >= 4 is 0 Å². The van der Waals surface area contributed by atoms with Gasteiger partial charge in [0.05, 0.1) is 0 Å². The van der Waals surface area contributed by atoms with Crippen molar-refractivity contribution in [1.82, 2.24) is 0 Å². The minimum Gasteiger partial charge on any atom is -0.0992 e. The summed E-state index contributed by atoms with van der Waals surface area (Å²) >= 11 is 0. The molecule has 1 aliphatic rings. The number of allylic oxidation sites excluding steroid dienone is 3. The highest BCUT2D eigenvalue weighted by Crippen LogP contribution is 2.22. The van der Waals surface area contributed by atoms with E-state index in [9.17, 15) is 0 Å². The molecule has 0 spiro atoms. The predicted octanol–water partition coefficient (Wildman–Crippen LogP) is 1.75. The minimum atomic E-state index is 0.657. The molecule has 0 saturated carbocycles. The van der Waals surface area contributed by atoms with Crippen molar-refractivity contribution in [2.24, 2.45) is 5.92 Å². The van der Waals surface area contributed by atoms with Gasteiger partial charge in [-0.1, -0.05) is 24.3 Å². The van der Waals surface area contributed by atoms with Crippen LogP contribution in [-0.2, 0) is 0 Å². The van der Waals surface area contributed by atoms with Gasteiger partial charge in [0.25, 0.3) is 0 Å². The summed E-state index contributed by atoms with van der Waals surface area (Å²) in [5.41, 5.74) is 1.26. The number of rotatable bonds is 1. The molecule has 0 bridgehead atoms. The lowest BCUT2D eigenvalue weighted by atomic mass is 10.2. The van der Waals surface area contributed by atoms with E-state index in [4.69, 9.17) is 0 Å². The molecule has 0 amide bonds. The lowest BCUT2D eigenvalue weighted by Crippen LogP contribution is -1.71. The monoisotopic (exact) mass is 80.1 g/mol. The molecule has 1 aliphatic carbocycles. The summed E-state index contributed by atoms with van der Waals surface area (Å²) in [5, 5.41) is 0. The van der Waals surface area contributed by atoms with E-state index in [0.29, 0.717) is 5.92 Å². The fourth-order valence-corrected chi connectivity index (χ4v) is 0.384.